The van der Waals surface area contributed by atoms with Gasteiger partial charge in [0.2, 0.25) is 5.91 Å². The Labute approximate surface area is 171 Å². The van der Waals surface area contributed by atoms with Gasteiger partial charge in [-0.15, -0.1) is 0 Å². The molecule has 6 nitrogen and oxygen atoms in total. The van der Waals surface area contributed by atoms with E-state index in [2.05, 4.69) is 15.3 Å². The number of ketones is 1. The van der Waals surface area contributed by atoms with Crippen LogP contribution >= 0.6 is 0 Å². The predicted octanol–water partition coefficient (Wildman–Crippen LogP) is 4.57. The van der Waals surface area contributed by atoms with Gasteiger partial charge in [0.05, 0.1) is 12.7 Å². The van der Waals surface area contributed by atoms with Gasteiger partial charge in [-0.1, -0.05) is 12.1 Å². The molecule has 0 fully saturated rings. The number of benzene rings is 2. The fourth-order valence-corrected chi connectivity index (χ4v) is 3.28. The van der Waals surface area contributed by atoms with Crippen LogP contribution in [0.2, 0.25) is 0 Å². The lowest BCUT2D eigenvalue weighted by Crippen LogP contribution is -2.05. The van der Waals surface area contributed by atoms with Crippen molar-refractivity contribution >= 4 is 28.4 Å². The maximum atomic E-state index is 14.3. The summed E-state index contributed by atoms with van der Waals surface area (Å²) in [6.45, 7) is 1.44. The van der Waals surface area contributed by atoms with Crippen molar-refractivity contribution < 1.29 is 18.7 Å². The first-order valence-electron chi connectivity index (χ1n) is 9.19. The third kappa shape index (κ3) is 3.65. The van der Waals surface area contributed by atoms with Crippen molar-refractivity contribution in [3.8, 4) is 16.9 Å². The van der Waals surface area contributed by atoms with E-state index in [1.807, 2.05) is 24.3 Å². The third-order valence-corrected chi connectivity index (χ3v) is 4.71. The van der Waals surface area contributed by atoms with Crippen LogP contribution in [-0.2, 0) is 4.79 Å². The van der Waals surface area contributed by atoms with Crippen LogP contribution in [0.4, 0.5) is 10.1 Å². The monoisotopic (exact) mass is 403 g/mol. The topological polar surface area (TPSA) is 84.1 Å². The van der Waals surface area contributed by atoms with Crippen molar-refractivity contribution in [3.63, 3.8) is 0 Å². The molecule has 1 amide bonds. The van der Waals surface area contributed by atoms with E-state index in [1.54, 1.807) is 12.3 Å². The number of halogens is 1. The SMILES string of the molecule is COc1ccc(F)c(C(=O)c2c[nH]c3ncc(-c4cccc(NC(C)=O)c4)cc23)c1. The van der Waals surface area contributed by atoms with Gasteiger partial charge in [0.1, 0.15) is 17.2 Å². The van der Waals surface area contributed by atoms with Gasteiger partial charge in [-0.2, -0.15) is 0 Å². The highest BCUT2D eigenvalue weighted by Gasteiger charge is 2.19. The minimum atomic E-state index is -0.623. The molecular formula is C23H18FN3O3. The Morgan fingerprint density at radius 2 is 1.90 bits per heavy atom. The van der Waals surface area contributed by atoms with Gasteiger partial charge in [0, 0.05) is 41.5 Å². The number of pyridine rings is 1. The number of aromatic amines is 1. The summed E-state index contributed by atoms with van der Waals surface area (Å²) in [5.41, 5.74) is 2.99. The van der Waals surface area contributed by atoms with E-state index in [4.69, 9.17) is 4.74 Å². The molecule has 0 saturated heterocycles. The molecule has 2 N–H and O–H groups in total. The Morgan fingerprint density at radius 1 is 1.07 bits per heavy atom. The van der Waals surface area contributed by atoms with Crippen LogP contribution in [0.3, 0.4) is 0 Å². The summed E-state index contributed by atoms with van der Waals surface area (Å²) in [6.07, 6.45) is 3.20. The molecule has 0 aliphatic rings. The zero-order chi connectivity index (χ0) is 21.3. The van der Waals surface area contributed by atoms with E-state index in [0.717, 1.165) is 11.1 Å². The number of anilines is 1. The first-order chi connectivity index (χ1) is 14.5. The number of H-pyrrole nitrogens is 1. The number of hydrogen-bond acceptors (Lipinski definition) is 4. The number of methoxy groups -OCH3 is 1. The maximum absolute atomic E-state index is 14.3. The molecule has 4 aromatic rings. The van der Waals surface area contributed by atoms with E-state index in [-0.39, 0.29) is 11.5 Å². The van der Waals surface area contributed by atoms with Crippen LogP contribution in [0.1, 0.15) is 22.8 Å². The van der Waals surface area contributed by atoms with Gasteiger partial charge < -0.3 is 15.0 Å². The Morgan fingerprint density at radius 3 is 2.67 bits per heavy atom. The summed E-state index contributed by atoms with van der Waals surface area (Å²) in [7, 11) is 1.46. The summed E-state index contributed by atoms with van der Waals surface area (Å²) in [5.74, 6) is -0.862. The number of amides is 1. The third-order valence-electron chi connectivity index (χ3n) is 4.71. The number of carbonyl (C=O) groups excluding carboxylic acids is 2. The van der Waals surface area contributed by atoms with Gasteiger partial charge in [0.15, 0.2) is 5.78 Å². The highest BCUT2D eigenvalue weighted by molar-refractivity contribution is 6.16. The minimum Gasteiger partial charge on any atom is -0.497 e. The largest absolute Gasteiger partial charge is 0.497 e. The van der Waals surface area contributed by atoms with Crippen LogP contribution < -0.4 is 10.1 Å². The highest BCUT2D eigenvalue weighted by atomic mass is 19.1. The molecule has 2 heterocycles. The van der Waals surface area contributed by atoms with E-state index >= 15 is 0 Å². The van der Waals surface area contributed by atoms with Crippen LogP contribution in [0.25, 0.3) is 22.2 Å². The molecule has 30 heavy (non-hydrogen) atoms. The summed E-state index contributed by atoms with van der Waals surface area (Å²) in [4.78, 5) is 31.7. The molecule has 0 saturated carbocycles. The maximum Gasteiger partial charge on any atom is 0.221 e. The molecule has 150 valence electrons. The van der Waals surface area contributed by atoms with Crippen molar-refractivity contribution in [2.75, 3.05) is 12.4 Å². The van der Waals surface area contributed by atoms with Gasteiger partial charge in [0.25, 0.3) is 0 Å². The van der Waals surface area contributed by atoms with Crippen molar-refractivity contribution in [2.45, 2.75) is 6.92 Å². The molecule has 0 unspecified atom stereocenters. The second-order valence-corrected chi connectivity index (χ2v) is 6.76. The Kier molecular flexibility index (Phi) is 5.02. The molecular weight excluding hydrogens is 385 g/mol. The summed E-state index contributed by atoms with van der Waals surface area (Å²) < 4.78 is 19.4. The first-order valence-corrected chi connectivity index (χ1v) is 9.19. The number of ether oxygens (including phenoxy) is 1. The zero-order valence-electron chi connectivity index (χ0n) is 16.3. The van der Waals surface area contributed by atoms with Gasteiger partial charge in [-0.05, 0) is 42.0 Å². The molecule has 0 bridgehead atoms. The summed E-state index contributed by atoms with van der Waals surface area (Å²) in [6, 6.07) is 13.2. The van der Waals surface area contributed by atoms with E-state index in [1.165, 1.54) is 38.4 Å². The van der Waals surface area contributed by atoms with Gasteiger partial charge >= 0.3 is 0 Å². The average Bonchev–Trinajstić information content (AvgIpc) is 3.16. The highest BCUT2D eigenvalue weighted by Crippen LogP contribution is 2.29. The molecule has 0 aliphatic heterocycles. The predicted molar refractivity (Wildman–Crippen MR) is 112 cm³/mol. The van der Waals surface area contributed by atoms with Crippen molar-refractivity contribution in [3.05, 3.63) is 77.9 Å². The number of hydrogen-bond donors (Lipinski definition) is 2. The zero-order valence-corrected chi connectivity index (χ0v) is 16.3. The summed E-state index contributed by atoms with van der Waals surface area (Å²) >= 11 is 0. The fraction of sp³-hybridized carbons (Fsp3) is 0.0870. The standard InChI is InChI=1S/C23H18FN3O3/c1-13(28)27-16-5-3-4-14(8-16)15-9-18-20(12-26-23(18)25-11-15)22(29)19-10-17(30-2)6-7-21(19)24/h3-12H,1-2H3,(H,25,26)(H,27,28). The lowest BCUT2D eigenvalue weighted by atomic mass is 10.0. The molecule has 4 rings (SSSR count). The molecule has 0 aliphatic carbocycles. The van der Waals surface area contributed by atoms with Crippen LogP contribution in [0, 0.1) is 5.82 Å². The number of fused-ring (bicyclic) bond motifs is 1. The number of nitrogens with zero attached hydrogens (tertiary/aromatic N) is 1. The number of nitrogens with one attached hydrogen (secondary N) is 2. The lowest BCUT2D eigenvalue weighted by molar-refractivity contribution is -0.114. The molecule has 0 spiro atoms. The number of aromatic nitrogens is 2. The number of carbonyl (C=O) groups is 2. The minimum absolute atomic E-state index is 0.0756. The second kappa shape index (κ2) is 7.79. The smallest absolute Gasteiger partial charge is 0.221 e. The number of rotatable bonds is 5. The normalized spacial score (nSPS) is 10.8. The van der Waals surface area contributed by atoms with Crippen LogP contribution in [0.5, 0.6) is 5.75 Å². The van der Waals surface area contributed by atoms with E-state index < -0.39 is 11.6 Å². The van der Waals surface area contributed by atoms with Crippen molar-refractivity contribution in [1.29, 1.82) is 0 Å². The van der Waals surface area contributed by atoms with Crippen molar-refractivity contribution in [2.24, 2.45) is 0 Å². The Balaban J connectivity index is 1.77. The lowest BCUT2D eigenvalue weighted by Gasteiger charge is -2.07. The van der Waals surface area contributed by atoms with E-state index in [9.17, 15) is 14.0 Å². The Hall–Kier alpha value is -4.00. The molecule has 2 aromatic heterocycles. The van der Waals surface area contributed by atoms with Crippen molar-refractivity contribution in [1.82, 2.24) is 9.97 Å². The average molecular weight is 403 g/mol. The Bertz CT molecular complexity index is 1280. The van der Waals surface area contributed by atoms with E-state index in [0.29, 0.717) is 28.0 Å². The first kappa shape index (κ1) is 19.3. The van der Waals surface area contributed by atoms with Gasteiger partial charge in [-0.25, -0.2) is 9.37 Å². The quantitative estimate of drug-likeness (QED) is 0.478. The fourth-order valence-electron chi connectivity index (χ4n) is 3.28. The molecule has 7 heteroatoms. The molecule has 0 radical (unpaired) electrons. The van der Waals surface area contributed by atoms with Crippen LogP contribution in [0.15, 0.2) is 60.9 Å². The second-order valence-electron chi connectivity index (χ2n) is 6.76. The molecule has 2 aromatic carbocycles. The summed E-state index contributed by atoms with van der Waals surface area (Å²) in [5, 5.41) is 3.32. The van der Waals surface area contributed by atoms with Crippen LogP contribution in [-0.4, -0.2) is 28.8 Å². The molecule has 0 atom stereocenters. The van der Waals surface area contributed by atoms with Gasteiger partial charge in [-0.3, -0.25) is 9.59 Å².